The van der Waals surface area contributed by atoms with Crippen molar-refractivity contribution in [1.29, 1.82) is 0 Å². The predicted octanol–water partition coefficient (Wildman–Crippen LogP) is 5.86. The lowest BCUT2D eigenvalue weighted by Crippen LogP contribution is -2.08. The maximum Gasteiger partial charge on any atom is 0.336 e. The van der Waals surface area contributed by atoms with Gasteiger partial charge >= 0.3 is 17.9 Å². The number of rotatable bonds is 10. The van der Waals surface area contributed by atoms with Crippen LogP contribution in [-0.2, 0) is 25.5 Å². The quantitative estimate of drug-likeness (QED) is 0.197. The first-order valence-electron chi connectivity index (χ1n) is 11.3. The normalized spacial score (nSPS) is 10.5. The van der Waals surface area contributed by atoms with Gasteiger partial charge in [0, 0.05) is 29.7 Å². The van der Waals surface area contributed by atoms with Gasteiger partial charge in [-0.15, -0.1) is 0 Å². The van der Waals surface area contributed by atoms with Crippen molar-refractivity contribution >= 4 is 24.0 Å². The van der Waals surface area contributed by atoms with Crippen molar-refractivity contribution in [3.8, 4) is 22.6 Å². The molecule has 0 saturated heterocycles. The molecule has 3 aromatic rings. The van der Waals surface area contributed by atoms with Crippen LogP contribution < -0.4 is 9.47 Å². The summed E-state index contributed by atoms with van der Waals surface area (Å²) in [6.45, 7) is 8.66. The topological polar surface area (TPSA) is 78.9 Å². The van der Waals surface area contributed by atoms with Gasteiger partial charge in [-0.2, -0.15) is 0 Å². The molecule has 0 aliphatic rings. The van der Waals surface area contributed by atoms with E-state index < -0.39 is 23.7 Å². The van der Waals surface area contributed by atoms with Crippen molar-refractivity contribution < 1.29 is 33.0 Å². The first-order valence-corrected chi connectivity index (χ1v) is 11.3. The molecule has 0 saturated carbocycles. The van der Waals surface area contributed by atoms with Crippen LogP contribution in [0.3, 0.4) is 0 Å². The lowest BCUT2D eigenvalue weighted by Gasteiger charge is -2.07. The molecular weight excluding hydrogens is 475 g/mol. The third kappa shape index (κ3) is 8.14. The Hall–Kier alpha value is -4.78. The lowest BCUT2D eigenvalue weighted by atomic mass is 10.0. The Morgan fingerprint density at radius 1 is 0.892 bits per heavy atom. The summed E-state index contributed by atoms with van der Waals surface area (Å²) in [5.41, 5.74) is 2.69. The smallest absolute Gasteiger partial charge is 0.336 e. The van der Waals surface area contributed by atoms with E-state index in [1.165, 1.54) is 18.2 Å². The van der Waals surface area contributed by atoms with Crippen LogP contribution >= 0.6 is 0 Å². The number of hydrogen-bond acceptors (Lipinski definition) is 6. The Balaban J connectivity index is 1.55. The van der Waals surface area contributed by atoms with Crippen LogP contribution in [0.2, 0.25) is 0 Å². The van der Waals surface area contributed by atoms with Gasteiger partial charge in [0.1, 0.15) is 17.3 Å². The molecule has 0 aromatic heterocycles. The molecule has 0 aliphatic carbocycles. The first-order chi connectivity index (χ1) is 17.7. The minimum absolute atomic E-state index is 0.222. The van der Waals surface area contributed by atoms with E-state index in [4.69, 9.17) is 14.2 Å². The van der Waals surface area contributed by atoms with E-state index in [0.717, 1.165) is 11.6 Å². The van der Waals surface area contributed by atoms with E-state index in [0.29, 0.717) is 40.2 Å². The Labute approximate surface area is 214 Å². The molecule has 0 atom stereocenters. The highest BCUT2D eigenvalue weighted by molar-refractivity contribution is 5.89. The largest absolute Gasteiger partial charge is 0.462 e. The third-order valence-electron chi connectivity index (χ3n) is 5.07. The van der Waals surface area contributed by atoms with Gasteiger partial charge in [-0.25, -0.2) is 18.8 Å². The molecule has 0 radical (unpaired) electrons. The fourth-order valence-corrected chi connectivity index (χ4v) is 3.15. The number of carbonyl (C=O) groups excluding carboxylic acids is 3. The van der Waals surface area contributed by atoms with E-state index >= 15 is 0 Å². The second-order valence-corrected chi connectivity index (χ2v) is 7.95. The Bertz CT molecular complexity index is 1340. The minimum Gasteiger partial charge on any atom is -0.462 e. The van der Waals surface area contributed by atoms with Crippen molar-refractivity contribution in [2.45, 2.75) is 13.3 Å². The van der Waals surface area contributed by atoms with E-state index in [1.807, 2.05) is 0 Å². The summed E-state index contributed by atoms with van der Waals surface area (Å²) in [5, 5.41) is 0. The van der Waals surface area contributed by atoms with Gasteiger partial charge in [0.05, 0.1) is 6.61 Å². The summed E-state index contributed by atoms with van der Waals surface area (Å²) >= 11 is 0. The highest BCUT2D eigenvalue weighted by Gasteiger charge is 2.08. The van der Waals surface area contributed by atoms with Gasteiger partial charge < -0.3 is 14.2 Å². The van der Waals surface area contributed by atoms with Crippen molar-refractivity contribution in [2.75, 3.05) is 6.61 Å². The molecule has 0 amide bonds. The van der Waals surface area contributed by atoms with E-state index in [-0.39, 0.29) is 6.61 Å². The zero-order chi connectivity index (χ0) is 26.8. The van der Waals surface area contributed by atoms with Gasteiger partial charge in [0.25, 0.3) is 0 Å². The molecule has 3 rings (SSSR count). The van der Waals surface area contributed by atoms with Crippen molar-refractivity contribution in [3.05, 3.63) is 115 Å². The minimum atomic E-state index is -0.614. The van der Waals surface area contributed by atoms with E-state index in [1.54, 1.807) is 67.6 Å². The molecule has 7 heteroatoms. The van der Waals surface area contributed by atoms with Crippen LogP contribution in [-0.4, -0.2) is 24.5 Å². The number of esters is 3. The second kappa shape index (κ2) is 12.8. The fraction of sp³-hybridized carbons (Fsp3) is 0.100. The number of benzene rings is 3. The highest BCUT2D eigenvalue weighted by atomic mass is 19.1. The van der Waals surface area contributed by atoms with Crippen molar-refractivity contribution in [2.24, 2.45) is 0 Å². The molecule has 0 N–H and O–H groups in total. The van der Waals surface area contributed by atoms with Gasteiger partial charge in [-0.3, -0.25) is 0 Å². The van der Waals surface area contributed by atoms with Crippen LogP contribution in [0.1, 0.15) is 18.1 Å². The monoisotopic (exact) mass is 500 g/mol. The van der Waals surface area contributed by atoms with E-state index in [2.05, 4.69) is 13.2 Å². The fourth-order valence-electron chi connectivity index (χ4n) is 3.15. The summed E-state index contributed by atoms with van der Waals surface area (Å²) in [4.78, 5) is 34.8. The molecule has 0 fully saturated rings. The summed E-state index contributed by atoms with van der Waals surface area (Å²) in [5.74, 6) is -1.43. The maximum atomic E-state index is 14.7. The molecule has 0 unspecified atom stereocenters. The van der Waals surface area contributed by atoms with Crippen molar-refractivity contribution in [1.82, 2.24) is 0 Å². The van der Waals surface area contributed by atoms with Gasteiger partial charge in [-0.1, -0.05) is 49.6 Å². The SMILES string of the molecule is C=CC(=O)Oc1ccc(-c2ccc(/C=C/C(=O)Oc3ccc(CCOC(=O)C(=C)C)cc3)cc2F)cc1. The summed E-state index contributed by atoms with van der Waals surface area (Å²) in [6.07, 6.45) is 4.24. The van der Waals surface area contributed by atoms with Crippen LogP contribution in [0.4, 0.5) is 4.39 Å². The molecule has 0 heterocycles. The molecule has 0 spiro atoms. The van der Waals surface area contributed by atoms with Crippen LogP contribution in [0.5, 0.6) is 11.5 Å². The van der Waals surface area contributed by atoms with Gasteiger partial charge in [-0.05, 0) is 60.0 Å². The van der Waals surface area contributed by atoms with E-state index in [9.17, 15) is 18.8 Å². The molecular formula is C30H25FO6. The predicted molar refractivity (Wildman–Crippen MR) is 138 cm³/mol. The molecule has 0 aliphatic heterocycles. The van der Waals surface area contributed by atoms with Crippen molar-refractivity contribution in [3.63, 3.8) is 0 Å². The molecule has 3 aromatic carbocycles. The highest BCUT2D eigenvalue weighted by Crippen LogP contribution is 2.26. The maximum absolute atomic E-state index is 14.7. The molecule has 0 bridgehead atoms. The van der Waals surface area contributed by atoms with Gasteiger partial charge in [0.2, 0.25) is 0 Å². The zero-order valence-electron chi connectivity index (χ0n) is 20.2. The van der Waals surface area contributed by atoms with Gasteiger partial charge in [0.15, 0.2) is 0 Å². The lowest BCUT2D eigenvalue weighted by molar-refractivity contribution is -0.139. The van der Waals surface area contributed by atoms with Crippen LogP contribution in [0, 0.1) is 5.82 Å². The average Bonchev–Trinajstić information content (AvgIpc) is 2.89. The average molecular weight is 501 g/mol. The summed E-state index contributed by atoms with van der Waals surface area (Å²) in [6, 6.07) is 17.8. The Morgan fingerprint density at radius 3 is 2.11 bits per heavy atom. The molecule has 37 heavy (non-hydrogen) atoms. The zero-order valence-corrected chi connectivity index (χ0v) is 20.2. The third-order valence-corrected chi connectivity index (χ3v) is 5.07. The first kappa shape index (κ1) is 26.8. The summed E-state index contributed by atoms with van der Waals surface area (Å²) < 4.78 is 30.1. The second-order valence-electron chi connectivity index (χ2n) is 7.95. The summed E-state index contributed by atoms with van der Waals surface area (Å²) in [7, 11) is 0. The molecule has 188 valence electrons. The number of hydrogen-bond donors (Lipinski definition) is 0. The number of ether oxygens (including phenoxy) is 3. The standard InChI is InChI=1S/C30H25FO6/c1-4-28(32)36-25-13-9-23(10-14-25)26-15-7-22(19-27(26)31)8-16-29(33)37-24-11-5-21(6-12-24)17-18-35-30(34)20(2)3/h4-16,19H,1-2,17-18H2,3H3/b16-8+. The van der Waals surface area contributed by atoms with Crippen LogP contribution in [0.15, 0.2) is 97.6 Å². The Morgan fingerprint density at radius 2 is 1.51 bits per heavy atom. The van der Waals surface area contributed by atoms with Crippen LogP contribution in [0.25, 0.3) is 17.2 Å². The number of carbonyl (C=O) groups is 3. The number of halogens is 1. The Kier molecular flexibility index (Phi) is 9.27. The molecule has 6 nitrogen and oxygen atoms in total.